The Kier molecular flexibility index (Phi) is 9.94. The van der Waals surface area contributed by atoms with E-state index in [1.807, 2.05) is 35.2 Å². The van der Waals surface area contributed by atoms with Crippen LogP contribution in [0.2, 0.25) is 0 Å². The molecule has 12 heteroatoms. The molecule has 2 N–H and O–H groups in total. The third-order valence-corrected chi connectivity index (χ3v) is 8.71. The molecule has 238 valence electrons. The van der Waals surface area contributed by atoms with E-state index >= 15 is 0 Å². The number of amides is 3. The number of hydrogen-bond acceptors (Lipinski definition) is 6. The second kappa shape index (κ2) is 13.7. The van der Waals surface area contributed by atoms with Gasteiger partial charge < -0.3 is 25.0 Å². The van der Waals surface area contributed by atoms with Gasteiger partial charge in [-0.05, 0) is 43.4 Å². The van der Waals surface area contributed by atoms with Gasteiger partial charge in [0.1, 0.15) is 6.10 Å². The van der Waals surface area contributed by atoms with E-state index < -0.39 is 23.6 Å². The number of piperidine rings is 1. The van der Waals surface area contributed by atoms with E-state index in [4.69, 9.17) is 4.74 Å². The van der Waals surface area contributed by atoms with Crippen LogP contribution in [0, 0.1) is 0 Å². The second-order valence-corrected chi connectivity index (χ2v) is 11.7. The number of halogens is 3. The molecule has 3 fully saturated rings. The number of alkyl halides is 3. The van der Waals surface area contributed by atoms with Crippen LogP contribution < -0.4 is 5.32 Å². The molecular formula is C32H40F3N5O4. The standard InChI is InChI=1S/C32H40F3N5O4/c1-2-16-40(30(42)36-20-24-10-12-26(13-11-24)32(33,34)35)27-14-17-37(18-15-27)22-39-23-38(29(41)28-9-6-19-44-28)21-31(39,43)25-7-4-3-5-8-25/h2-5,7-8,10-13,27-28,43H,1,6,9,14-23H2,(H,36,42)/t28-,31+/m1/s1. The predicted molar refractivity (Wildman–Crippen MR) is 158 cm³/mol. The molecule has 0 spiro atoms. The Morgan fingerprint density at radius 2 is 1.80 bits per heavy atom. The summed E-state index contributed by atoms with van der Waals surface area (Å²) < 4.78 is 44.2. The minimum atomic E-state index is -4.41. The largest absolute Gasteiger partial charge is 0.416 e. The van der Waals surface area contributed by atoms with Gasteiger partial charge in [-0.3, -0.25) is 9.69 Å². The first-order chi connectivity index (χ1) is 21.1. The van der Waals surface area contributed by atoms with Crippen molar-refractivity contribution in [1.29, 1.82) is 0 Å². The lowest BCUT2D eigenvalue weighted by molar-refractivity contribution is -0.141. The Bertz CT molecular complexity index is 1280. The van der Waals surface area contributed by atoms with Gasteiger partial charge >= 0.3 is 12.2 Å². The molecule has 3 saturated heterocycles. The van der Waals surface area contributed by atoms with Crippen LogP contribution in [0.15, 0.2) is 67.3 Å². The van der Waals surface area contributed by atoms with Gasteiger partial charge in [-0.1, -0.05) is 48.5 Å². The SMILES string of the molecule is C=CCN(C(=O)NCc1ccc(C(F)(F)F)cc1)C1CCN(CN2CN(C(=O)[C@H]3CCCO3)C[C@]2(O)c2ccccc2)CC1. The molecule has 0 bridgehead atoms. The van der Waals surface area contributed by atoms with E-state index in [2.05, 4.69) is 16.8 Å². The zero-order valence-electron chi connectivity index (χ0n) is 24.7. The van der Waals surface area contributed by atoms with E-state index in [9.17, 15) is 27.9 Å². The van der Waals surface area contributed by atoms with Crippen molar-refractivity contribution in [3.8, 4) is 0 Å². The van der Waals surface area contributed by atoms with E-state index in [1.54, 1.807) is 15.9 Å². The molecule has 2 aromatic carbocycles. The Morgan fingerprint density at radius 1 is 1.09 bits per heavy atom. The summed E-state index contributed by atoms with van der Waals surface area (Å²) in [5.74, 6) is -0.0968. The summed E-state index contributed by atoms with van der Waals surface area (Å²) in [4.78, 5) is 33.9. The number of aliphatic hydroxyl groups is 1. The highest BCUT2D eigenvalue weighted by molar-refractivity contribution is 5.81. The third-order valence-electron chi connectivity index (χ3n) is 8.71. The summed E-state index contributed by atoms with van der Waals surface area (Å²) in [5, 5.41) is 14.8. The fraction of sp³-hybridized carbons (Fsp3) is 0.500. The van der Waals surface area contributed by atoms with Crippen molar-refractivity contribution < 1.29 is 32.6 Å². The summed E-state index contributed by atoms with van der Waals surface area (Å²) in [6, 6.07) is 13.8. The van der Waals surface area contributed by atoms with Crippen LogP contribution >= 0.6 is 0 Å². The van der Waals surface area contributed by atoms with Gasteiger partial charge in [0.2, 0.25) is 0 Å². The van der Waals surface area contributed by atoms with Crippen LogP contribution in [0.4, 0.5) is 18.0 Å². The molecule has 0 radical (unpaired) electrons. The Morgan fingerprint density at radius 3 is 2.41 bits per heavy atom. The Hall–Kier alpha value is -3.45. The molecular weight excluding hydrogens is 575 g/mol. The van der Waals surface area contributed by atoms with Gasteiger partial charge in [-0.15, -0.1) is 6.58 Å². The Balaban J connectivity index is 1.18. The number of hydrogen-bond donors (Lipinski definition) is 2. The summed E-state index contributed by atoms with van der Waals surface area (Å²) in [6.07, 6.45) is -0.295. The van der Waals surface area contributed by atoms with Crippen LogP contribution in [0.5, 0.6) is 0 Å². The lowest BCUT2D eigenvalue weighted by atomic mass is 10.0. The highest BCUT2D eigenvalue weighted by Gasteiger charge is 2.48. The van der Waals surface area contributed by atoms with E-state index in [1.165, 1.54) is 12.1 Å². The van der Waals surface area contributed by atoms with Gasteiger partial charge in [0.15, 0.2) is 5.72 Å². The van der Waals surface area contributed by atoms with Crippen LogP contribution in [0.3, 0.4) is 0 Å². The monoisotopic (exact) mass is 615 g/mol. The maximum Gasteiger partial charge on any atom is 0.416 e. The first-order valence-corrected chi connectivity index (χ1v) is 15.1. The number of carbonyl (C=O) groups excluding carboxylic acids is 2. The van der Waals surface area contributed by atoms with Crippen LogP contribution in [-0.2, 0) is 28.0 Å². The molecule has 3 heterocycles. The van der Waals surface area contributed by atoms with Crippen molar-refractivity contribution >= 4 is 11.9 Å². The molecule has 3 aliphatic rings. The van der Waals surface area contributed by atoms with Crippen molar-refractivity contribution in [3.63, 3.8) is 0 Å². The molecule has 0 aliphatic carbocycles. The zero-order valence-corrected chi connectivity index (χ0v) is 24.7. The topological polar surface area (TPSA) is 88.6 Å². The summed E-state index contributed by atoms with van der Waals surface area (Å²) in [7, 11) is 0. The molecule has 44 heavy (non-hydrogen) atoms. The molecule has 2 atom stereocenters. The normalized spacial score (nSPS) is 23.5. The third kappa shape index (κ3) is 7.26. The molecule has 3 amide bonds. The van der Waals surface area contributed by atoms with Crippen LogP contribution in [0.1, 0.15) is 42.4 Å². The first kappa shape index (κ1) is 32.0. The lowest BCUT2D eigenvalue weighted by Gasteiger charge is -2.41. The molecule has 9 nitrogen and oxygen atoms in total. The number of nitrogens with one attached hydrogen (secondary N) is 1. The van der Waals surface area contributed by atoms with E-state index in [0.717, 1.165) is 24.1 Å². The average molecular weight is 616 g/mol. The summed E-state index contributed by atoms with van der Waals surface area (Å²) >= 11 is 0. The highest BCUT2D eigenvalue weighted by Crippen LogP contribution is 2.34. The molecule has 0 unspecified atom stereocenters. The first-order valence-electron chi connectivity index (χ1n) is 15.1. The molecule has 5 rings (SSSR count). The summed E-state index contributed by atoms with van der Waals surface area (Å²) in [6.45, 7) is 7.02. The number of nitrogens with zero attached hydrogens (tertiary/aromatic N) is 4. The zero-order chi connectivity index (χ0) is 31.3. The smallest absolute Gasteiger partial charge is 0.369 e. The van der Waals surface area contributed by atoms with Gasteiger partial charge in [0, 0.05) is 44.4 Å². The number of carbonyl (C=O) groups is 2. The molecule has 2 aromatic rings. The van der Waals surface area contributed by atoms with Crippen molar-refractivity contribution in [2.24, 2.45) is 0 Å². The number of rotatable bonds is 9. The molecule has 3 aliphatic heterocycles. The minimum absolute atomic E-state index is 0.0546. The maximum atomic E-state index is 13.2. The van der Waals surface area contributed by atoms with Crippen LogP contribution in [0.25, 0.3) is 0 Å². The Labute approximate surface area is 255 Å². The van der Waals surface area contributed by atoms with Crippen molar-refractivity contribution in [3.05, 3.63) is 83.9 Å². The highest BCUT2D eigenvalue weighted by atomic mass is 19.4. The van der Waals surface area contributed by atoms with Crippen molar-refractivity contribution in [2.75, 3.05) is 46.1 Å². The maximum absolute atomic E-state index is 13.2. The lowest BCUT2D eigenvalue weighted by Crippen LogP contribution is -2.54. The fourth-order valence-electron chi connectivity index (χ4n) is 6.25. The van der Waals surface area contributed by atoms with Gasteiger partial charge in [0.05, 0.1) is 25.4 Å². The predicted octanol–water partition coefficient (Wildman–Crippen LogP) is 3.95. The van der Waals surface area contributed by atoms with E-state index in [-0.39, 0.29) is 37.7 Å². The van der Waals surface area contributed by atoms with Gasteiger partial charge in [-0.2, -0.15) is 13.2 Å². The number of ether oxygens (including phenoxy) is 1. The molecule has 0 aromatic heterocycles. The van der Waals surface area contributed by atoms with E-state index in [0.29, 0.717) is 57.7 Å². The number of urea groups is 1. The minimum Gasteiger partial charge on any atom is -0.369 e. The van der Waals surface area contributed by atoms with Gasteiger partial charge in [-0.25, -0.2) is 9.69 Å². The average Bonchev–Trinajstić information content (AvgIpc) is 3.68. The second-order valence-electron chi connectivity index (χ2n) is 11.7. The number of likely N-dealkylation sites (tertiary alicyclic amines) is 1. The fourth-order valence-corrected chi connectivity index (χ4v) is 6.25. The number of benzene rings is 2. The quantitative estimate of drug-likeness (QED) is 0.416. The summed E-state index contributed by atoms with van der Waals surface area (Å²) in [5.41, 5.74) is -0.784. The molecule has 0 saturated carbocycles. The van der Waals surface area contributed by atoms with Crippen LogP contribution in [-0.4, -0.2) is 94.9 Å². The van der Waals surface area contributed by atoms with Crippen molar-refractivity contribution in [1.82, 2.24) is 24.9 Å². The van der Waals surface area contributed by atoms with Gasteiger partial charge in [0.25, 0.3) is 5.91 Å². The number of β-amino-alcohol motifs (C(OH)–C–C–N with tert-alkyl or cyclic N) is 1. The van der Waals surface area contributed by atoms with Crippen molar-refractivity contribution in [2.45, 2.75) is 56.3 Å².